The minimum atomic E-state index is -0.781. The summed E-state index contributed by atoms with van der Waals surface area (Å²) in [6, 6.07) is 14.2. The van der Waals surface area contributed by atoms with Crippen molar-refractivity contribution >= 4 is 28.7 Å². The van der Waals surface area contributed by atoms with Crippen LogP contribution in [0.4, 0.5) is 31.5 Å². The number of hydrogen-bond acceptors (Lipinski definition) is 5. The first kappa shape index (κ1) is 22.6. The Morgan fingerprint density at radius 2 is 1.76 bits per heavy atom. The largest absolute Gasteiger partial charge is 0.350 e. The molecule has 0 bridgehead atoms. The fourth-order valence-electron chi connectivity index (χ4n) is 3.53. The number of amides is 1. The molecule has 4 rings (SSSR count). The summed E-state index contributed by atoms with van der Waals surface area (Å²) in [6.07, 6.45) is 1.73. The van der Waals surface area contributed by atoms with Gasteiger partial charge in [0.25, 0.3) is 5.69 Å². The first-order valence-electron chi connectivity index (χ1n) is 10.1. The van der Waals surface area contributed by atoms with Gasteiger partial charge in [0.15, 0.2) is 0 Å². The molecule has 3 aromatic carbocycles. The number of halogens is 2. The molecule has 0 saturated heterocycles. The highest BCUT2D eigenvalue weighted by Gasteiger charge is 2.18. The number of nitrogens with zero attached hydrogens (tertiary/aromatic N) is 3. The fraction of sp³-hybridized carbons (Fsp3) is 0.0833. The SMILES string of the molecule is CC(=O)Nc1cc(Nc2ccc(-c3ccn(C)n3)cc2[N+](=O)[O-])cc(-c2ccc(F)cc2F)c1. The van der Waals surface area contributed by atoms with Gasteiger partial charge in [0.05, 0.1) is 10.6 Å². The molecule has 2 N–H and O–H groups in total. The summed E-state index contributed by atoms with van der Waals surface area (Å²) in [5, 5.41) is 21.6. The van der Waals surface area contributed by atoms with Gasteiger partial charge >= 0.3 is 0 Å². The van der Waals surface area contributed by atoms with E-state index in [0.717, 1.165) is 12.1 Å². The molecule has 10 heteroatoms. The third kappa shape index (κ3) is 4.90. The van der Waals surface area contributed by atoms with Gasteiger partial charge in [0, 0.05) is 54.8 Å². The average molecular weight is 463 g/mol. The molecule has 8 nitrogen and oxygen atoms in total. The fourth-order valence-corrected chi connectivity index (χ4v) is 3.53. The minimum Gasteiger partial charge on any atom is -0.350 e. The van der Waals surface area contributed by atoms with Gasteiger partial charge in [0.1, 0.15) is 17.3 Å². The van der Waals surface area contributed by atoms with E-state index in [4.69, 9.17) is 0 Å². The third-order valence-electron chi connectivity index (χ3n) is 4.98. The van der Waals surface area contributed by atoms with Gasteiger partial charge in [-0.1, -0.05) is 6.07 Å². The van der Waals surface area contributed by atoms with Gasteiger partial charge in [-0.2, -0.15) is 5.10 Å². The van der Waals surface area contributed by atoms with Crippen molar-refractivity contribution in [3.63, 3.8) is 0 Å². The average Bonchev–Trinajstić information content (AvgIpc) is 3.19. The number of hydrogen-bond donors (Lipinski definition) is 2. The summed E-state index contributed by atoms with van der Waals surface area (Å²) < 4.78 is 29.4. The summed E-state index contributed by atoms with van der Waals surface area (Å²) in [6.45, 7) is 1.32. The zero-order valence-corrected chi connectivity index (χ0v) is 18.2. The van der Waals surface area contributed by atoms with Crippen molar-refractivity contribution in [3.8, 4) is 22.4 Å². The zero-order valence-electron chi connectivity index (χ0n) is 18.2. The van der Waals surface area contributed by atoms with Crippen molar-refractivity contribution in [1.82, 2.24) is 9.78 Å². The zero-order chi connectivity index (χ0) is 24.4. The molecule has 1 amide bonds. The Bertz CT molecular complexity index is 1420. The quantitative estimate of drug-likeness (QED) is 0.285. The van der Waals surface area contributed by atoms with Crippen molar-refractivity contribution in [3.05, 3.63) is 88.6 Å². The second kappa shape index (κ2) is 9.10. The number of aryl methyl sites for hydroxylation is 1. The van der Waals surface area contributed by atoms with Crippen molar-refractivity contribution in [2.45, 2.75) is 6.92 Å². The molecule has 172 valence electrons. The van der Waals surface area contributed by atoms with Gasteiger partial charge < -0.3 is 10.6 Å². The second-order valence-corrected chi connectivity index (χ2v) is 7.59. The summed E-state index contributed by atoms with van der Waals surface area (Å²) >= 11 is 0. The van der Waals surface area contributed by atoms with Crippen LogP contribution in [-0.2, 0) is 11.8 Å². The number of anilines is 3. The first-order valence-corrected chi connectivity index (χ1v) is 10.1. The van der Waals surface area contributed by atoms with Crippen molar-refractivity contribution in [2.24, 2.45) is 7.05 Å². The van der Waals surface area contributed by atoms with Crippen LogP contribution < -0.4 is 10.6 Å². The van der Waals surface area contributed by atoms with Crippen LogP contribution in [0.1, 0.15) is 6.92 Å². The van der Waals surface area contributed by atoms with Gasteiger partial charge in [-0.25, -0.2) is 8.78 Å². The minimum absolute atomic E-state index is 0.108. The Morgan fingerprint density at radius 3 is 2.41 bits per heavy atom. The van der Waals surface area contributed by atoms with Crippen LogP contribution in [0.3, 0.4) is 0 Å². The van der Waals surface area contributed by atoms with Crippen LogP contribution in [0.2, 0.25) is 0 Å². The van der Waals surface area contributed by atoms with E-state index in [0.29, 0.717) is 28.2 Å². The van der Waals surface area contributed by atoms with E-state index in [1.54, 1.807) is 48.3 Å². The van der Waals surface area contributed by atoms with Gasteiger partial charge in [0.2, 0.25) is 5.91 Å². The highest BCUT2D eigenvalue weighted by molar-refractivity contribution is 5.91. The molecule has 1 aromatic heterocycles. The van der Waals surface area contributed by atoms with Crippen LogP contribution in [0.15, 0.2) is 66.9 Å². The molecular formula is C24H19F2N5O3. The van der Waals surface area contributed by atoms with Crippen LogP contribution in [0.5, 0.6) is 0 Å². The Kier molecular flexibility index (Phi) is 6.05. The molecule has 1 heterocycles. The normalized spacial score (nSPS) is 10.7. The molecule has 0 unspecified atom stereocenters. The standard InChI is InChI=1S/C24H19F2N5O3/c1-14(32)27-18-9-16(20-5-4-17(25)12-21(20)26)10-19(13-18)28-23-6-3-15(11-24(23)31(33)34)22-7-8-30(2)29-22/h3-13,28H,1-2H3,(H,27,32). The molecular weight excluding hydrogens is 444 g/mol. The monoisotopic (exact) mass is 463 g/mol. The van der Waals surface area contributed by atoms with Crippen LogP contribution >= 0.6 is 0 Å². The van der Waals surface area contributed by atoms with Crippen molar-refractivity contribution in [2.75, 3.05) is 10.6 Å². The molecule has 34 heavy (non-hydrogen) atoms. The molecule has 0 atom stereocenters. The smallest absolute Gasteiger partial charge is 0.293 e. The summed E-state index contributed by atoms with van der Waals surface area (Å²) in [4.78, 5) is 22.9. The Morgan fingerprint density at radius 1 is 1.00 bits per heavy atom. The van der Waals surface area contributed by atoms with E-state index < -0.39 is 16.6 Å². The number of carbonyl (C=O) groups excluding carboxylic acids is 1. The van der Waals surface area contributed by atoms with E-state index in [9.17, 15) is 23.7 Å². The highest BCUT2D eigenvalue weighted by Crippen LogP contribution is 2.35. The maximum absolute atomic E-state index is 14.4. The third-order valence-corrected chi connectivity index (χ3v) is 4.98. The number of nitro groups is 1. The van der Waals surface area contributed by atoms with E-state index in [-0.39, 0.29) is 22.8 Å². The summed E-state index contributed by atoms with van der Waals surface area (Å²) in [7, 11) is 1.75. The molecule has 0 spiro atoms. The van der Waals surface area contributed by atoms with Gasteiger partial charge in [-0.05, 0) is 48.0 Å². The van der Waals surface area contributed by atoms with Gasteiger partial charge in [-0.15, -0.1) is 0 Å². The van der Waals surface area contributed by atoms with Gasteiger partial charge in [-0.3, -0.25) is 19.6 Å². The van der Waals surface area contributed by atoms with Crippen molar-refractivity contribution < 1.29 is 18.5 Å². The van der Waals surface area contributed by atoms with E-state index >= 15 is 0 Å². The summed E-state index contributed by atoms with van der Waals surface area (Å²) in [5.74, 6) is -1.86. The maximum Gasteiger partial charge on any atom is 0.293 e. The van der Waals surface area contributed by atoms with E-state index in [2.05, 4.69) is 15.7 Å². The molecule has 0 fully saturated rings. The second-order valence-electron chi connectivity index (χ2n) is 7.59. The molecule has 0 aliphatic rings. The molecule has 4 aromatic rings. The lowest BCUT2D eigenvalue weighted by molar-refractivity contribution is -0.383. The number of aromatic nitrogens is 2. The number of nitro benzene ring substituents is 1. The number of carbonyl (C=O) groups is 1. The molecule has 0 saturated carbocycles. The first-order chi connectivity index (χ1) is 16.2. The number of benzene rings is 3. The highest BCUT2D eigenvalue weighted by atomic mass is 19.1. The Labute approximate surface area is 193 Å². The summed E-state index contributed by atoms with van der Waals surface area (Å²) in [5.41, 5.74) is 2.30. The maximum atomic E-state index is 14.4. The number of rotatable bonds is 6. The Balaban J connectivity index is 1.76. The number of nitrogens with one attached hydrogen (secondary N) is 2. The van der Waals surface area contributed by atoms with Crippen LogP contribution in [-0.4, -0.2) is 20.6 Å². The van der Waals surface area contributed by atoms with Crippen molar-refractivity contribution in [1.29, 1.82) is 0 Å². The lowest BCUT2D eigenvalue weighted by atomic mass is 10.0. The molecule has 0 aliphatic heterocycles. The van der Waals surface area contributed by atoms with Crippen LogP contribution in [0.25, 0.3) is 22.4 Å². The topological polar surface area (TPSA) is 102 Å². The van der Waals surface area contributed by atoms with E-state index in [1.165, 1.54) is 25.1 Å². The predicted molar refractivity (Wildman–Crippen MR) is 125 cm³/mol. The van der Waals surface area contributed by atoms with E-state index in [1.807, 2.05) is 0 Å². The lowest BCUT2D eigenvalue weighted by Crippen LogP contribution is -2.06. The molecule has 0 radical (unpaired) electrons. The van der Waals surface area contributed by atoms with Crippen LogP contribution in [0, 0.1) is 21.7 Å². The predicted octanol–water partition coefficient (Wildman–Crippen LogP) is 5.64. The lowest BCUT2D eigenvalue weighted by Gasteiger charge is -2.13. The molecule has 0 aliphatic carbocycles. The Hall–Kier alpha value is -4.60.